The Labute approximate surface area is 451 Å². The van der Waals surface area contributed by atoms with E-state index in [9.17, 15) is 14.4 Å². The normalized spacial score (nSPS) is 12.8. The highest BCUT2D eigenvalue weighted by Gasteiger charge is 2.19. The van der Waals surface area contributed by atoms with Crippen molar-refractivity contribution in [1.82, 2.24) is 0 Å². The Morgan fingerprint density at radius 3 is 0.863 bits per heavy atom. The minimum atomic E-state index is -0.781. The first-order valence-electron chi connectivity index (χ1n) is 30.7. The van der Waals surface area contributed by atoms with Crippen molar-refractivity contribution >= 4 is 17.9 Å². The van der Waals surface area contributed by atoms with Crippen molar-refractivity contribution in [2.75, 3.05) is 13.2 Å². The van der Waals surface area contributed by atoms with Crippen LogP contribution in [0.3, 0.4) is 0 Å². The molecule has 1 atom stereocenters. The monoisotopic (exact) mass is 1010 g/mol. The zero-order valence-corrected chi connectivity index (χ0v) is 47.9. The minimum Gasteiger partial charge on any atom is -0.462 e. The van der Waals surface area contributed by atoms with Crippen molar-refractivity contribution in [3.05, 3.63) is 97.2 Å². The van der Waals surface area contributed by atoms with Gasteiger partial charge in [-0.1, -0.05) is 266 Å². The zero-order chi connectivity index (χ0) is 52.9. The van der Waals surface area contributed by atoms with Gasteiger partial charge < -0.3 is 14.2 Å². The van der Waals surface area contributed by atoms with Crippen LogP contribution >= 0.6 is 0 Å². The second-order valence-electron chi connectivity index (χ2n) is 20.2. The summed E-state index contributed by atoms with van der Waals surface area (Å²) in [5.41, 5.74) is 0. The van der Waals surface area contributed by atoms with Gasteiger partial charge in [-0.15, -0.1) is 0 Å². The van der Waals surface area contributed by atoms with Crippen molar-refractivity contribution in [2.24, 2.45) is 0 Å². The van der Waals surface area contributed by atoms with E-state index in [1.54, 1.807) is 0 Å². The molecule has 6 nitrogen and oxygen atoms in total. The van der Waals surface area contributed by atoms with Crippen LogP contribution in [-0.2, 0) is 28.6 Å². The predicted octanol–water partition coefficient (Wildman–Crippen LogP) is 20.9. The number of esters is 3. The summed E-state index contributed by atoms with van der Waals surface area (Å²) in [6.45, 7) is 6.45. The topological polar surface area (TPSA) is 78.9 Å². The largest absolute Gasteiger partial charge is 0.462 e. The van der Waals surface area contributed by atoms with E-state index in [1.165, 1.54) is 128 Å². The first-order valence-corrected chi connectivity index (χ1v) is 30.7. The standard InChI is InChI=1S/C67H114O6/c1-4-7-10-13-16-18-20-22-24-25-26-27-28-29-30-31-32-33-34-35-36-37-38-39-40-41-43-44-46-48-51-54-57-60-66(69)72-63-64(62-71-65(68)59-56-53-50-15-12-9-6-3)73-67(70)61-58-55-52-49-47-45-42-23-21-19-17-14-11-8-5-2/h7,10,16-19,22-24,26-27,29-30,32-33,42,64H,4-6,8-9,11-15,20-21,25,28,31,34-41,43-63H2,1-3H3/b10-7-,18-16-,19-17-,24-22-,27-26-,30-29-,33-32-,42-23-. The van der Waals surface area contributed by atoms with E-state index >= 15 is 0 Å². The summed E-state index contributed by atoms with van der Waals surface area (Å²) < 4.78 is 16.8. The number of ether oxygens (including phenoxy) is 3. The molecule has 0 rings (SSSR count). The van der Waals surface area contributed by atoms with Crippen LogP contribution in [0.15, 0.2) is 97.2 Å². The third-order valence-corrected chi connectivity index (χ3v) is 13.1. The van der Waals surface area contributed by atoms with Crippen LogP contribution in [0.1, 0.15) is 290 Å². The highest BCUT2D eigenvalue weighted by Crippen LogP contribution is 2.16. The van der Waals surface area contributed by atoms with Gasteiger partial charge in [0.05, 0.1) is 0 Å². The lowest BCUT2D eigenvalue weighted by Crippen LogP contribution is -2.30. The third-order valence-electron chi connectivity index (χ3n) is 13.1. The molecular weight excluding hydrogens is 901 g/mol. The van der Waals surface area contributed by atoms with Crippen molar-refractivity contribution < 1.29 is 28.6 Å². The maximum Gasteiger partial charge on any atom is 0.306 e. The molecule has 0 aromatic rings. The summed E-state index contributed by atoms with van der Waals surface area (Å²) in [7, 11) is 0. The Hall–Kier alpha value is -3.67. The quantitative estimate of drug-likeness (QED) is 0.0261. The molecule has 0 aliphatic rings. The Balaban J connectivity index is 4.06. The number of allylic oxidation sites excluding steroid dienone is 16. The summed E-state index contributed by atoms with van der Waals surface area (Å²) >= 11 is 0. The predicted molar refractivity (Wildman–Crippen MR) is 316 cm³/mol. The van der Waals surface area contributed by atoms with Crippen molar-refractivity contribution in [3.63, 3.8) is 0 Å². The average Bonchev–Trinajstić information content (AvgIpc) is 3.39. The van der Waals surface area contributed by atoms with Gasteiger partial charge in [0.2, 0.25) is 0 Å². The third kappa shape index (κ3) is 59.1. The molecule has 0 saturated heterocycles. The van der Waals surface area contributed by atoms with E-state index in [0.717, 1.165) is 122 Å². The van der Waals surface area contributed by atoms with Gasteiger partial charge in [0.25, 0.3) is 0 Å². The lowest BCUT2D eigenvalue weighted by atomic mass is 10.0. The number of hydrogen-bond donors (Lipinski definition) is 0. The maximum absolute atomic E-state index is 12.8. The lowest BCUT2D eigenvalue weighted by Gasteiger charge is -2.18. The highest BCUT2D eigenvalue weighted by molar-refractivity contribution is 5.71. The summed E-state index contributed by atoms with van der Waals surface area (Å²) in [6, 6.07) is 0. The van der Waals surface area contributed by atoms with Gasteiger partial charge in [-0.2, -0.15) is 0 Å². The molecule has 0 N–H and O–H groups in total. The van der Waals surface area contributed by atoms with Gasteiger partial charge in [-0.05, 0) is 103 Å². The molecule has 0 bridgehead atoms. The van der Waals surface area contributed by atoms with E-state index < -0.39 is 6.10 Å². The second kappa shape index (κ2) is 60.9. The van der Waals surface area contributed by atoms with Gasteiger partial charge in [0.15, 0.2) is 6.10 Å². The smallest absolute Gasteiger partial charge is 0.306 e. The van der Waals surface area contributed by atoms with Crippen LogP contribution in [0.25, 0.3) is 0 Å². The molecule has 0 radical (unpaired) electrons. The second-order valence-corrected chi connectivity index (χ2v) is 20.2. The molecule has 6 heteroatoms. The molecule has 0 saturated carbocycles. The van der Waals surface area contributed by atoms with Crippen molar-refractivity contribution in [2.45, 2.75) is 297 Å². The van der Waals surface area contributed by atoms with Gasteiger partial charge in [0.1, 0.15) is 13.2 Å². The van der Waals surface area contributed by atoms with Crippen LogP contribution in [0.5, 0.6) is 0 Å². The Bertz CT molecular complexity index is 1440. The molecular formula is C67H114O6. The Kier molecular flexibility index (Phi) is 57.8. The molecule has 418 valence electrons. The number of unbranched alkanes of at least 4 members (excludes halogenated alkanes) is 28. The summed E-state index contributed by atoms with van der Waals surface area (Å²) in [5, 5.41) is 0. The van der Waals surface area contributed by atoms with Gasteiger partial charge >= 0.3 is 17.9 Å². The highest BCUT2D eigenvalue weighted by atomic mass is 16.6. The fourth-order valence-corrected chi connectivity index (χ4v) is 8.48. The lowest BCUT2D eigenvalue weighted by molar-refractivity contribution is -0.167. The fraction of sp³-hybridized carbons (Fsp3) is 0.716. The molecule has 73 heavy (non-hydrogen) atoms. The van der Waals surface area contributed by atoms with E-state index in [2.05, 4.69) is 118 Å². The van der Waals surface area contributed by atoms with E-state index in [0.29, 0.717) is 19.3 Å². The van der Waals surface area contributed by atoms with Crippen LogP contribution in [-0.4, -0.2) is 37.2 Å². The molecule has 0 heterocycles. The molecule has 0 aromatic heterocycles. The van der Waals surface area contributed by atoms with E-state index in [1.807, 2.05) is 0 Å². The molecule has 0 spiro atoms. The van der Waals surface area contributed by atoms with Crippen LogP contribution in [0.2, 0.25) is 0 Å². The van der Waals surface area contributed by atoms with Gasteiger partial charge in [-0.3, -0.25) is 14.4 Å². The minimum absolute atomic E-state index is 0.0805. The molecule has 0 aliphatic heterocycles. The van der Waals surface area contributed by atoms with Crippen LogP contribution in [0, 0.1) is 0 Å². The summed E-state index contributed by atoms with van der Waals surface area (Å²) in [6.07, 6.45) is 81.5. The average molecular weight is 1020 g/mol. The van der Waals surface area contributed by atoms with Gasteiger partial charge in [0, 0.05) is 19.3 Å². The molecule has 0 amide bonds. The van der Waals surface area contributed by atoms with Crippen LogP contribution < -0.4 is 0 Å². The number of rotatable bonds is 55. The summed E-state index contributed by atoms with van der Waals surface area (Å²) in [4.78, 5) is 38.0. The first kappa shape index (κ1) is 69.3. The van der Waals surface area contributed by atoms with Gasteiger partial charge in [-0.25, -0.2) is 0 Å². The van der Waals surface area contributed by atoms with Crippen molar-refractivity contribution in [1.29, 1.82) is 0 Å². The maximum atomic E-state index is 12.8. The van der Waals surface area contributed by atoms with Crippen molar-refractivity contribution in [3.8, 4) is 0 Å². The summed E-state index contributed by atoms with van der Waals surface area (Å²) in [5.74, 6) is -0.896. The SMILES string of the molecule is CC/C=C\C/C=C\C/C=C\C/C=C\C/C=C\C/C=C\CCCCCCCCCCCCCCCCC(=O)OCC(COC(=O)CCCCCCCCC)OC(=O)CCCCCCC/C=C\C/C=C\CCCCC. The number of carbonyl (C=O) groups is 3. The Morgan fingerprint density at radius 2 is 0.534 bits per heavy atom. The van der Waals surface area contributed by atoms with E-state index in [4.69, 9.17) is 14.2 Å². The number of carbonyl (C=O) groups excluding carboxylic acids is 3. The Morgan fingerprint density at radius 1 is 0.288 bits per heavy atom. The van der Waals surface area contributed by atoms with E-state index in [-0.39, 0.29) is 31.1 Å². The molecule has 0 fully saturated rings. The van der Waals surface area contributed by atoms with Crippen LogP contribution in [0.4, 0.5) is 0 Å². The molecule has 0 aromatic carbocycles. The first-order chi connectivity index (χ1) is 36.0. The molecule has 0 aliphatic carbocycles. The molecule has 1 unspecified atom stereocenters. The number of hydrogen-bond acceptors (Lipinski definition) is 6. The fourth-order valence-electron chi connectivity index (χ4n) is 8.48. The zero-order valence-electron chi connectivity index (χ0n) is 47.9.